The first kappa shape index (κ1) is 13.4. The Bertz CT molecular complexity index is 194. The van der Waals surface area contributed by atoms with E-state index in [-0.39, 0.29) is 5.92 Å². The van der Waals surface area contributed by atoms with Gasteiger partial charge in [0.15, 0.2) is 0 Å². The average molecular weight is 198 g/mol. The molecular formula is C11H22N2O. The van der Waals surface area contributed by atoms with E-state index >= 15 is 0 Å². The highest BCUT2D eigenvalue weighted by Crippen LogP contribution is 2.17. The monoisotopic (exact) mass is 198 g/mol. The van der Waals surface area contributed by atoms with Crippen molar-refractivity contribution in [1.29, 1.82) is 5.26 Å². The van der Waals surface area contributed by atoms with Crippen LogP contribution in [0.2, 0.25) is 0 Å². The van der Waals surface area contributed by atoms with E-state index in [2.05, 4.69) is 11.0 Å². The van der Waals surface area contributed by atoms with Gasteiger partial charge in [0.05, 0.1) is 11.7 Å². The average Bonchev–Trinajstić information content (AvgIpc) is 2.11. The largest absolute Gasteiger partial charge is 0.389 e. The topological polar surface area (TPSA) is 47.3 Å². The van der Waals surface area contributed by atoms with Crippen LogP contribution >= 0.6 is 0 Å². The molecule has 1 atom stereocenters. The highest BCUT2D eigenvalue weighted by Gasteiger charge is 2.26. The van der Waals surface area contributed by atoms with Crippen molar-refractivity contribution in [2.24, 2.45) is 5.92 Å². The molecule has 0 aromatic rings. The van der Waals surface area contributed by atoms with Crippen LogP contribution in [-0.4, -0.2) is 35.2 Å². The van der Waals surface area contributed by atoms with Crippen molar-refractivity contribution in [1.82, 2.24) is 4.90 Å². The third-order valence-corrected chi connectivity index (χ3v) is 2.77. The van der Waals surface area contributed by atoms with Crippen LogP contribution in [0.15, 0.2) is 0 Å². The normalized spacial score (nSPS) is 15.6. The van der Waals surface area contributed by atoms with E-state index in [1.54, 1.807) is 0 Å². The molecule has 0 heterocycles. The van der Waals surface area contributed by atoms with Crippen LogP contribution in [0.4, 0.5) is 0 Å². The molecule has 0 aliphatic heterocycles. The Morgan fingerprint density at radius 3 is 2.43 bits per heavy atom. The number of hydrogen-bond acceptors (Lipinski definition) is 3. The molecule has 3 heteroatoms. The predicted octanol–water partition coefficient (Wildman–Crippen LogP) is 1.63. The van der Waals surface area contributed by atoms with Crippen LogP contribution < -0.4 is 0 Å². The van der Waals surface area contributed by atoms with E-state index in [0.717, 1.165) is 13.1 Å². The van der Waals surface area contributed by atoms with E-state index in [1.165, 1.54) is 0 Å². The van der Waals surface area contributed by atoms with E-state index in [1.807, 2.05) is 27.7 Å². The van der Waals surface area contributed by atoms with Gasteiger partial charge in [-0.2, -0.15) is 5.26 Å². The SMILES string of the molecule is CCN(CCC#N)CC(C)(O)C(C)C. The van der Waals surface area contributed by atoms with Crippen LogP contribution in [0.1, 0.15) is 34.1 Å². The van der Waals surface area contributed by atoms with Gasteiger partial charge in [0.25, 0.3) is 0 Å². The van der Waals surface area contributed by atoms with Gasteiger partial charge in [-0.15, -0.1) is 0 Å². The van der Waals surface area contributed by atoms with E-state index in [0.29, 0.717) is 13.0 Å². The van der Waals surface area contributed by atoms with E-state index < -0.39 is 5.60 Å². The minimum absolute atomic E-state index is 0.235. The highest BCUT2D eigenvalue weighted by atomic mass is 16.3. The fourth-order valence-corrected chi connectivity index (χ4v) is 1.19. The zero-order valence-corrected chi connectivity index (χ0v) is 9.75. The molecule has 0 saturated carbocycles. The van der Waals surface area contributed by atoms with Gasteiger partial charge < -0.3 is 5.11 Å². The lowest BCUT2D eigenvalue weighted by Gasteiger charge is -2.33. The van der Waals surface area contributed by atoms with Gasteiger partial charge >= 0.3 is 0 Å². The van der Waals surface area contributed by atoms with E-state index in [9.17, 15) is 5.11 Å². The molecule has 1 N–H and O–H groups in total. The summed E-state index contributed by atoms with van der Waals surface area (Å²) in [6.45, 7) is 10.2. The Kier molecular flexibility index (Phi) is 5.75. The molecule has 0 aliphatic rings. The summed E-state index contributed by atoms with van der Waals surface area (Å²) in [5.41, 5.74) is -0.661. The third-order valence-electron chi connectivity index (χ3n) is 2.77. The van der Waals surface area contributed by atoms with Crippen molar-refractivity contribution in [3.05, 3.63) is 0 Å². The first-order valence-corrected chi connectivity index (χ1v) is 5.25. The lowest BCUT2D eigenvalue weighted by molar-refractivity contribution is -0.0172. The third kappa shape index (κ3) is 4.59. The summed E-state index contributed by atoms with van der Waals surface area (Å²) in [5.74, 6) is 0.235. The second-order valence-electron chi connectivity index (χ2n) is 4.29. The maximum atomic E-state index is 10.1. The smallest absolute Gasteiger partial charge is 0.0768 e. The van der Waals surface area contributed by atoms with Crippen molar-refractivity contribution in [2.45, 2.75) is 39.7 Å². The van der Waals surface area contributed by atoms with Crippen molar-refractivity contribution < 1.29 is 5.11 Å². The Hall–Kier alpha value is -0.590. The van der Waals surface area contributed by atoms with Gasteiger partial charge in [0, 0.05) is 19.5 Å². The van der Waals surface area contributed by atoms with Gasteiger partial charge in [-0.1, -0.05) is 20.8 Å². The van der Waals surface area contributed by atoms with Gasteiger partial charge in [0.1, 0.15) is 0 Å². The molecule has 0 aromatic heterocycles. The highest BCUT2D eigenvalue weighted by molar-refractivity contribution is 4.82. The number of likely N-dealkylation sites (N-methyl/N-ethyl adjacent to an activating group) is 1. The van der Waals surface area contributed by atoms with Crippen molar-refractivity contribution in [3.8, 4) is 6.07 Å². The molecule has 1 unspecified atom stereocenters. The number of nitriles is 1. The Morgan fingerprint density at radius 1 is 1.50 bits per heavy atom. The predicted molar refractivity (Wildman–Crippen MR) is 57.8 cm³/mol. The molecule has 0 aromatic carbocycles. The lowest BCUT2D eigenvalue weighted by Crippen LogP contribution is -2.44. The molecule has 0 rings (SSSR count). The van der Waals surface area contributed by atoms with Crippen LogP contribution in [0.3, 0.4) is 0 Å². The van der Waals surface area contributed by atoms with Crippen molar-refractivity contribution >= 4 is 0 Å². The quantitative estimate of drug-likeness (QED) is 0.705. The number of rotatable bonds is 6. The van der Waals surface area contributed by atoms with Crippen LogP contribution in [0, 0.1) is 17.2 Å². The van der Waals surface area contributed by atoms with Crippen LogP contribution in [-0.2, 0) is 0 Å². The molecule has 0 amide bonds. The molecular weight excluding hydrogens is 176 g/mol. The van der Waals surface area contributed by atoms with Crippen molar-refractivity contribution in [3.63, 3.8) is 0 Å². The summed E-state index contributed by atoms with van der Waals surface area (Å²) in [5, 5.41) is 18.5. The van der Waals surface area contributed by atoms with Gasteiger partial charge in [0.2, 0.25) is 0 Å². The molecule has 0 aliphatic carbocycles. The summed E-state index contributed by atoms with van der Waals surface area (Å²) >= 11 is 0. The van der Waals surface area contributed by atoms with Gasteiger partial charge in [-0.25, -0.2) is 0 Å². The first-order chi connectivity index (χ1) is 6.44. The lowest BCUT2D eigenvalue weighted by atomic mass is 9.92. The fourth-order valence-electron chi connectivity index (χ4n) is 1.19. The Morgan fingerprint density at radius 2 is 2.07 bits per heavy atom. The molecule has 0 spiro atoms. The molecule has 82 valence electrons. The van der Waals surface area contributed by atoms with Crippen molar-refractivity contribution in [2.75, 3.05) is 19.6 Å². The number of aliphatic hydroxyl groups is 1. The Balaban J connectivity index is 4.10. The summed E-state index contributed by atoms with van der Waals surface area (Å²) in [6.07, 6.45) is 0.530. The first-order valence-electron chi connectivity index (χ1n) is 5.25. The minimum atomic E-state index is -0.661. The molecule has 0 bridgehead atoms. The molecule has 0 fully saturated rings. The van der Waals surface area contributed by atoms with Crippen LogP contribution in [0.5, 0.6) is 0 Å². The summed E-state index contributed by atoms with van der Waals surface area (Å²) in [7, 11) is 0. The Labute approximate surface area is 87.3 Å². The maximum absolute atomic E-state index is 10.1. The zero-order chi connectivity index (χ0) is 11.2. The second-order valence-corrected chi connectivity index (χ2v) is 4.29. The molecule has 14 heavy (non-hydrogen) atoms. The fraction of sp³-hybridized carbons (Fsp3) is 0.909. The van der Waals surface area contributed by atoms with Crippen LogP contribution in [0.25, 0.3) is 0 Å². The summed E-state index contributed by atoms with van der Waals surface area (Å²) in [4.78, 5) is 2.11. The molecule has 0 radical (unpaired) electrons. The minimum Gasteiger partial charge on any atom is -0.389 e. The summed E-state index contributed by atoms with van der Waals surface area (Å²) in [6, 6.07) is 2.12. The zero-order valence-electron chi connectivity index (χ0n) is 9.75. The molecule has 0 saturated heterocycles. The number of nitrogens with zero attached hydrogens (tertiary/aromatic N) is 2. The second kappa shape index (κ2) is 6.00. The van der Waals surface area contributed by atoms with E-state index in [4.69, 9.17) is 5.26 Å². The molecule has 3 nitrogen and oxygen atoms in total. The van der Waals surface area contributed by atoms with Gasteiger partial charge in [-0.05, 0) is 19.4 Å². The maximum Gasteiger partial charge on any atom is 0.0768 e. The van der Waals surface area contributed by atoms with Gasteiger partial charge in [-0.3, -0.25) is 4.90 Å². The number of hydrogen-bond donors (Lipinski definition) is 1. The summed E-state index contributed by atoms with van der Waals surface area (Å²) < 4.78 is 0. The standard InChI is InChI=1S/C11H22N2O/c1-5-13(8-6-7-12)9-11(4,14)10(2)3/h10,14H,5-6,8-9H2,1-4H3.